The third-order valence-corrected chi connectivity index (χ3v) is 8.40. The molecule has 0 aromatic heterocycles. The maximum Gasteiger partial charge on any atom is 0.408 e. The number of amides is 3. The minimum atomic E-state index is -0.972. The molecule has 3 aromatic carbocycles. The molecule has 2 saturated heterocycles. The number of carbonyl (C=O) groups is 3. The first-order valence-electron chi connectivity index (χ1n) is 15.5. The number of rotatable bonds is 12. The van der Waals surface area contributed by atoms with Crippen molar-refractivity contribution >= 4 is 17.9 Å². The number of alkyl carbamates (subject to hydrolysis) is 1. The number of carbonyl (C=O) groups excluding carboxylic acids is 3. The Morgan fingerprint density at radius 1 is 1.00 bits per heavy atom. The van der Waals surface area contributed by atoms with Gasteiger partial charge in [-0.3, -0.25) is 14.5 Å². The Morgan fingerprint density at radius 3 is 2.35 bits per heavy atom. The predicted molar refractivity (Wildman–Crippen MR) is 171 cm³/mol. The number of aliphatic hydroxyl groups excluding tert-OH is 1. The summed E-state index contributed by atoms with van der Waals surface area (Å²) in [5.74, 6) is -0.788. The van der Waals surface area contributed by atoms with Crippen molar-refractivity contribution in [2.24, 2.45) is 5.92 Å². The molecule has 10 heteroatoms. The minimum absolute atomic E-state index is 0.0263. The van der Waals surface area contributed by atoms with Gasteiger partial charge in [-0.15, -0.1) is 6.58 Å². The van der Waals surface area contributed by atoms with Crippen LogP contribution in [0.25, 0.3) is 0 Å². The number of hydrogen-bond donors (Lipinski definition) is 2. The van der Waals surface area contributed by atoms with Gasteiger partial charge in [0.2, 0.25) is 5.91 Å². The molecule has 10 nitrogen and oxygen atoms in total. The smallest absolute Gasteiger partial charge is 0.408 e. The molecule has 1 unspecified atom stereocenters. The van der Waals surface area contributed by atoms with Crippen LogP contribution in [0.5, 0.6) is 0 Å². The molecular formula is C36H41N3O7. The molecule has 2 aliphatic heterocycles. The number of imide groups is 1. The van der Waals surface area contributed by atoms with E-state index in [1.54, 1.807) is 0 Å². The van der Waals surface area contributed by atoms with Crippen molar-refractivity contribution in [3.63, 3.8) is 0 Å². The van der Waals surface area contributed by atoms with Gasteiger partial charge in [0.15, 0.2) is 6.29 Å². The van der Waals surface area contributed by atoms with Crippen LogP contribution in [0.4, 0.5) is 4.79 Å². The molecule has 2 aliphatic rings. The number of likely N-dealkylation sites (N-methyl/N-ethyl adjacent to an activating group) is 1. The first kappa shape index (κ1) is 33.0. The van der Waals surface area contributed by atoms with Crippen LogP contribution in [0.2, 0.25) is 0 Å². The molecular weight excluding hydrogens is 586 g/mol. The maximum atomic E-state index is 13.0. The van der Waals surface area contributed by atoms with E-state index < -0.39 is 24.3 Å². The van der Waals surface area contributed by atoms with Gasteiger partial charge < -0.3 is 29.5 Å². The highest BCUT2D eigenvalue weighted by Crippen LogP contribution is 2.41. The SMILES string of the molecule is C=CCN(C)C[C@@H]1O[C@H](c2ccc(CN3C(=O)CC(NC(=O)OCc4ccccc4)C3=O)cc2)O[C@H](c2ccc(CO)cc2)[C@@H]1C. The highest BCUT2D eigenvalue weighted by Gasteiger charge is 2.40. The van der Waals surface area contributed by atoms with E-state index in [4.69, 9.17) is 14.2 Å². The molecule has 242 valence electrons. The number of ether oxygens (including phenoxy) is 3. The molecule has 3 aromatic rings. The van der Waals surface area contributed by atoms with E-state index in [1.807, 2.05) is 92.0 Å². The Morgan fingerprint density at radius 2 is 1.67 bits per heavy atom. The Labute approximate surface area is 269 Å². The largest absolute Gasteiger partial charge is 0.445 e. The quantitative estimate of drug-likeness (QED) is 0.220. The van der Waals surface area contributed by atoms with E-state index in [1.165, 1.54) is 0 Å². The molecule has 0 saturated carbocycles. The molecule has 0 bridgehead atoms. The summed E-state index contributed by atoms with van der Waals surface area (Å²) < 4.78 is 18.2. The molecule has 5 rings (SSSR count). The fourth-order valence-corrected chi connectivity index (χ4v) is 5.76. The lowest BCUT2D eigenvalue weighted by Crippen LogP contribution is -2.43. The molecule has 3 amide bonds. The van der Waals surface area contributed by atoms with Crippen molar-refractivity contribution in [2.75, 3.05) is 20.1 Å². The van der Waals surface area contributed by atoms with Gasteiger partial charge in [-0.1, -0.05) is 91.9 Å². The van der Waals surface area contributed by atoms with E-state index in [9.17, 15) is 19.5 Å². The first-order chi connectivity index (χ1) is 22.2. The Bertz CT molecular complexity index is 1500. The lowest BCUT2D eigenvalue weighted by molar-refractivity contribution is -0.275. The zero-order valence-electron chi connectivity index (χ0n) is 26.2. The van der Waals surface area contributed by atoms with Crippen molar-refractivity contribution in [3.05, 3.63) is 119 Å². The summed E-state index contributed by atoms with van der Waals surface area (Å²) in [5, 5.41) is 12.0. The van der Waals surface area contributed by atoms with Gasteiger partial charge in [0.1, 0.15) is 12.6 Å². The number of benzene rings is 3. The maximum absolute atomic E-state index is 13.0. The normalized spacial score (nSPS) is 23.0. The molecule has 2 heterocycles. The van der Waals surface area contributed by atoms with Crippen LogP contribution in [0.1, 0.15) is 53.6 Å². The van der Waals surface area contributed by atoms with E-state index in [2.05, 4.69) is 23.7 Å². The molecule has 0 aliphatic carbocycles. The average Bonchev–Trinajstić information content (AvgIpc) is 3.32. The van der Waals surface area contributed by atoms with E-state index in [-0.39, 0.29) is 50.2 Å². The minimum Gasteiger partial charge on any atom is -0.445 e. The predicted octanol–water partition coefficient (Wildman–Crippen LogP) is 4.64. The first-order valence-corrected chi connectivity index (χ1v) is 15.5. The van der Waals surface area contributed by atoms with E-state index >= 15 is 0 Å². The van der Waals surface area contributed by atoms with Gasteiger partial charge in [-0.25, -0.2) is 4.79 Å². The number of likely N-dealkylation sites (tertiary alicyclic amines) is 1. The Hall–Kier alpha value is -4.35. The summed E-state index contributed by atoms with van der Waals surface area (Å²) in [6, 6.07) is 23.5. The highest BCUT2D eigenvalue weighted by atomic mass is 16.7. The lowest BCUT2D eigenvalue weighted by atomic mass is 9.90. The second-order valence-corrected chi connectivity index (χ2v) is 11.9. The summed E-state index contributed by atoms with van der Waals surface area (Å²) in [5.41, 5.74) is 4.21. The van der Waals surface area contributed by atoms with Crippen molar-refractivity contribution < 1.29 is 33.7 Å². The van der Waals surface area contributed by atoms with Gasteiger partial charge in [0, 0.05) is 24.6 Å². The standard InChI is InChI=1S/C36H41N3O7/c1-4-18-38(3)21-31-24(2)33(28-14-12-26(22-40)13-15-28)46-35(45-31)29-16-10-25(11-17-29)20-39-32(41)19-30(34(39)42)37-36(43)44-23-27-8-6-5-7-9-27/h4-17,24,30-31,33,35,40H,1,18-23H2,2-3H3,(H,37,43)/t24-,30?,31+,33+,35+/m1/s1. The van der Waals surface area contributed by atoms with Gasteiger partial charge in [-0.2, -0.15) is 0 Å². The molecule has 5 atom stereocenters. The van der Waals surface area contributed by atoms with Crippen LogP contribution in [0.15, 0.2) is 91.5 Å². The topological polar surface area (TPSA) is 118 Å². The van der Waals surface area contributed by atoms with Gasteiger partial charge >= 0.3 is 6.09 Å². The number of nitrogens with zero attached hydrogens (tertiary/aromatic N) is 2. The van der Waals surface area contributed by atoms with Crippen molar-refractivity contribution in [1.82, 2.24) is 15.1 Å². The van der Waals surface area contributed by atoms with Gasteiger partial charge in [0.25, 0.3) is 5.91 Å². The third kappa shape index (κ3) is 8.07. The number of aliphatic hydroxyl groups is 1. The van der Waals surface area contributed by atoms with Crippen molar-refractivity contribution in [1.29, 1.82) is 0 Å². The monoisotopic (exact) mass is 627 g/mol. The van der Waals surface area contributed by atoms with Crippen molar-refractivity contribution in [2.45, 2.75) is 57.6 Å². The summed E-state index contributed by atoms with van der Waals surface area (Å²) in [7, 11) is 2.02. The molecule has 0 radical (unpaired) electrons. The summed E-state index contributed by atoms with van der Waals surface area (Å²) in [6.45, 7) is 7.49. The zero-order chi connectivity index (χ0) is 32.6. The zero-order valence-corrected chi connectivity index (χ0v) is 26.2. The Balaban J connectivity index is 1.23. The van der Waals surface area contributed by atoms with Crippen molar-refractivity contribution in [3.8, 4) is 0 Å². The summed E-state index contributed by atoms with van der Waals surface area (Å²) >= 11 is 0. The fraction of sp³-hybridized carbons (Fsp3) is 0.361. The van der Waals surface area contributed by atoms with Gasteiger partial charge in [-0.05, 0) is 29.3 Å². The van der Waals surface area contributed by atoms with E-state index in [0.29, 0.717) is 6.54 Å². The van der Waals surface area contributed by atoms with Crippen LogP contribution in [-0.2, 0) is 43.6 Å². The molecule has 46 heavy (non-hydrogen) atoms. The lowest BCUT2D eigenvalue weighted by Gasteiger charge is -2.42. The molecule has 2 N–H and O–H groups in total. The number of hydrogen-bond acceptors (Lipinski definition) is 8. The van der Waals surface area contributed by atoms with Crippen LogP contribution in [-0.4, -0.2) is 65.1 Å². The summed E-state index contributed by atoms with van der Waals surface area (Å²) in [4.78, 5) is 41.4. The number of nitrogens with one attached hydrogen (secondary N) is 1. The van der Waals surface area contributed by atoms with Crippen LogP contribution in [0.3, 0.4) is 0 Å². The van der Waals surface area contributed by atoms with Gasteiger partial charge in [0.05, 0.1) is 31.8 Å². The van der Waals surface area contributed by atoms with Crippen LogP contribution < -0.4 is 5.32 Å². The highest BCUT2D eigenvalue weighted by molar-refractivity contribution is 6.06. The second-order valence-electron chi connectivity index (χ2n) is 11.9. The van der Waals surface area contributed by atoms with Crippen LogP contribution in [0, 0.1) is 5.92 Å². The fourth-order valence-electron chi connectivity index (χ4n) is 5.76. The molecule has 2 fully saturated rings. The van der Waals surface area contributed by atoms with Crippen LogP contribution >= 0.6 is 0 Å². The second kappa shape index (κ2) is 15.3. The molecule has 0 spiro atoms. The van der Waals surface area contributed by atoms with E-state index in [0.717, 1.165) is 39.3 Å². The summed E-state index contributed by atoms with van der Waals surface area (Å²) in [6.07, 6.45) is -0.0229. The average molecular weight is 628 g/mol. The Kier molecular flexibility index (Phi) is 11.0. The third-order valence-electron chi connectivity index (χ3n) is 8.40.